The normalized spacial score (nSPS) is 23.8. The third-order valence-corrected chi connectivity index (χ3v) is 4.59. The minimum atomic E-state index is -0.399. The van der Waals surface area contributed by atoms with E-state index in [0.717, 1.165) is 24.0 Å². The summed E-state index contributed by atoms with van der Waals surface area (Å²) in [6, 6.07) is 15.7. The standard InChI is InChI=1S/C18H20N2O/c1-2-18(20)11-16(18)13-9-7-12(8-10-13)14-5-3-4-6-15(14)17(19)21/h3-10,16H,2,11,20H2,1H3,(H2,19,21). The van der Waals surface area contributed by atoms with E-state index in [1.807, 2.05) is 30.3 Å². The summed E-state index contributed by atoms with van der Waals surface area (Å²) >= 11 is 0. The van der Waals surface area contributed by atoms with Crippen LogP contribution in [0.15, 0.2) is 48.5 Å². The van der Waals surface area contributed by atoms with Crippen molar-refractivity contribution in [1.29, 1.82) is 0 Å². The number of amides is 1. The molecule has 1 aliphatic rings. The molecule has 21 heavy (non-hydrogen) atoms. The van der Waals surface area contributed by atoms with Crippen molar-refractivity contribution in [2.75, 3.05) is 0 Å². The van der Waals surface area contributed by atoms with Gasteiger partial charge in [-0.25, -0.2) is 0 Å². The van der Waals surface area contributed by atoms with Gasteiger partial charge in [-0.05, 0) is 35.6 Å². The molecule has 2 unspecified atom stereocenters. The minimum Gasteiger partial charge on any atom is -0.366 e. The summed E-state index contributed by atoms with van der Waals surface area (Å²) in [5.74, 6) is 0.0618. The van der Waals surface area contributed by atoms with Crippen LogP contribution in [0.2, 0.25) is 0 Å². The van der Waals surface area contributed by atoms with Gasteiger partial charge < -0.3 is 11.5 Å². The first-order chi connectivity index (χ1) is 10.0. The molecular weight excluding hydrogens is 260 g/mol. The number of hydrogen-bond donors (Lipinski definition) is 2. The second-order valence-corrected chi connectivity index (χ2v) is 5.88. The zero-order valence-electron chi connectivity index (χ0n) is 12.2. The van der Waals surface area contributed by atoms with Crippen LogP contribution in [0, 0.1) is 0 Å². The van der Waals surface area contributed by atoms with Crippen molar-refractivity contribution in [1.82, 2.24) is 0 Å². The molecule has 0 bridgehead atoms. The van der Waals surface area contributed by atoms with E-state index in [-0.39, 0.29) is 5.54 Å². The van der Waals surface area contributed by atoms with E-state index >= 15 is 0 Å². The summed E-state index contributed by atoms with van der Waals surface area (Å²) in [5.41, 5.74) is 15.4. The molecule has 0 saturated heterocycles. The number of carbonyl (C=O) groups excluding carboxylic acids is 1. The van der Waals surface area contributed by atoms with Gasteiger partial charge in [-0.2, -0.15) is 0 Å². The third kappa shape index (κ3) is 2.45. The lowest BCUT2D eigenvalue weighted by molar-refractivity contribution is 0.100. The van der Waals surface area contributed by atoms with Gasteiger partial charge >= 0.3 is 0 Å². The number of carbonyl (C=O) groups is 1. The fraction of sp³-hybridized carbons (Fsp3) is 0.278. The SMILES string of the molecule is CCC1(N)CC1c1ccc(-c2ccccc2C(N)=O)cc1. The zero-order valence-corrected chi connectivity index (χ0v) is 12.2. The topological polar surface area (TPSA) is 69.1 Å². The number of primary amides is 1. The first-order valence-electron chi connectivity index (χ1n) is 7.33. The molecule has 2 atom stereocenters. The summed E-state index contributed by atoms with van der Waals surface area (Å²) < 4.78 is 0. The van der Waals surface area contributed by atoms with Gasteiger partial charge in [0.15, 0.2) is 0 Å². The molecule has 108 valence electrons. The minimum absolute atomic E-state index is 0.0212. The van der Waals surface area contributed by atoms with Gasteiger partial charge in [0.1, 0.15) is 0 Å². The van der Waals surface area contributed by atoms with Crippen molar-refractivity contribution < 1.29 is 4.79 Å². The van der Waals surface area contributed by atoms with Crippen LogP contribution in [0.3, 0.4) is 0 Å². The van der Waals surface area contributed by atoms with Crippen molar-refractivity contribution in [2.45, 2.75) is 31.2 Å². The third-order valence-electron chi connectivity index (χ3n) is 4.59. The van der Waals surface area contributed by atoms with E-state index in [9.17, 15) is 4.79 Å². The van der Waals surface area contributed by atoms with Gasteiger partial charge in [0.05, 0.1) is 0 Å². The van der Waals surface area contributed by atoms with Crippen LogP contribution in [0.4, 0.5) is 0 Å². The van der Waals surface area contributed by atoms with Gasteiger partial charge in [0, 0.05) is 17.0 Å². The summed E-state index contributed by atoms with van der Waals surface area (Å²) in [7, 11) is 0. The monoisotopic (exact) mass is 280 g/mol. The number of nitrogens with two attached hydrogens (primary N) is 2. The lowest BCUT2D eigenvalue weighted by atomic mass is 9.96. The Bertz CT molecular complexity index is 678. The molecule has 0 aliphatic heterocycles. The van der Waals surface area contributed by atoms with Crippen LogP contribution in [0.25, 0.3) is 11.1 Å². The van der Waals surface area contributed by atoms with Gasteiger partial charge in [-0.1, -0.05) is 49.4 Å². The van der Waals surface area contributed by atoms with Crippen LogP contribution in [0.1, 0.15) is 41.6 Å². The molecule has 0 radical (unpaired) electrons. The molecule has 3 heteroatoms. The Kier molecular flexibility index (Phi) is 3.30. The molecule has 1 amide bonds. The molecule has 2 aromatic carbocycles. The van der Waals surface area contributed by atoms with Crippen LogP contribution < -0.4 is 11.5 Å². The van der Waals surface area contributed by atoms with E-state index in [1.54, 1.807) is 6.07 Å². The fourth-order valence-corrected chi connectivity index (χ4v) is 3.01. The quantitative estimate of drug-likeness (QED) is 0.903. The predicted molar refractivity (Wildman–Crippen MR) is 85.0 cm³/mol. The highest BCUT2D eigenvalue weighted by Gasteiger charge is 2.49. The van der Waals surface area contributed by atoms with Crippen LogP contribution in [-0.2, 0) is 0 Å². The summed E-state index contributed by atoms with van der Waals surface area (Å²) in [4.78, 5) is 11.5. The maximum absolute atomic E-state index is 11.5. The highest BCUT2D eigenvalue weighted by molar-refractivity contribution is 5.99. The average molecular weight is 280 g/mol. The molecule has 0 aromatic heterocycles. The molecule has 2 aromatic rings. The number of rotatable bonds is 4. The summed E-state index contributed by atoms with van der Waals surface area (Å²) in [6.45, 7) is 2.14. The summed E-state index contributed by atoms with van der Waals surface area (Å²) in [6.07, 6.45) is 2.06. The molecule has 0 heterocycles. The molecular formula is C18H20N2O. The second kappa shape index (κ2) is 5.01. The van der Waals surface area contributed by atoms with Crippen molar-refractivity contribution in [3.05, 3.63) is 59.7 Å². The van der Waals surface area contributed by atoms with E-state index in [2.05, 4.69) is 19.1 Å². The largest absolute Gasteiger partial charge is 0.366 e. The van der Waals surface area contributed by atoms with Crippen molar-refractivity contribution in [3.63, 3.8) is 0 Å². The van der Waals surface area contributed by atoms with Crippen molar-refractivity contribution in [3.8, 4) is 11.1 Å². The number of hydrogen-bond acceptors (Lipinski definition) is 2. The van der Waals surface area contributed by atoms with Gasteiger partial charge in [-0.15, -0.1) is 0 Å². The number of benzene rings is 2. The fourth-order valence-electron chi connectivity index (χ4n) is 3.01. The molecule has 1 aliphatic carbocycles. The highest BCUT2D eigenvalue weighted by Crippen LogP contribution is 2.51. The van der Waals surface area contributed by atoms with E-state index in [1.165, 1.54) is 5.56 Å². The Morgan fingerprint density at radius 1 is 1.19 bits per heavy atom. The lowest BCUT2D eigenvalue weighted by Crippen LogP contribution is -2.22. The van der Waals surface area contributed by atoms with E-state index in [0.29, 0.717) is 11.5 Å². The predicted octanol–water partition coefficient (Wildman–Crippen LogP) is 3.05. The van der Waals surface area contributed by atoms with Crippen LogP contribution >= 0.6 is 0 Å². The van der Waals surface area contributed by atoms with Gasteiger partial charge in [0.2, 0.25) is 5.91 Å². The average Bonchev–Trinajstić information content (AvgIpc) is 3.20. The maximum Gasteiger partial charge on any atom is 0.249 e. The van der Waals surface area contributed by atoms with Crippen molar-refractivity contribution in [2.24, 2.45) is 11.5 Å². The smallest absolute Gasteiger partial charge is 0.249 e. The molecule has 1 fully saturated rings. The molecule has 1 saturated carbocycles. The Balaban J connectivity index is 1.91. The molecule has 4 N–H and O–H groups in total. The lowest BCUT2D eigenvalue weighted by Gasteiger charge is -2.10. The van der Waals surface area contributed by atoms with Crippen LogP contribution in [-0.4, -0.2) is 11.4 Å². The van der Waals surface area contributed by atoms with Gasteiger partial charge in [0.25, 0.3) is 0 Å². The zero-order chi connectivity index (χ0) is 15.0. The molecule has 0 spiro atoms. The van der Waals surface area contributed by atoms with Gasteiger partial charge in [-0.3, -0.25) is 4.79 Å². The Labute approximate surface area is 125 Å². The first kappa shape index (κ1) is 13.8. The van der Waals surface area contributed by atoms with E-state index in [4.69, 9.17) is 11.5 Å². The van der Waals surface area contributed by atoms with E-state index < -0.39 is 5.91 Å². The maximum atomic E-state index is 11.5. The molecule has 3 rings (SSSR count). The Morgan fingerprint density at radius 2 is 1.86 bits per heavy atom. The van der Waals surface area contributed by atoms with Crippen LogP contribution in [0.5, 0.6) is 0 Å². The second-order valence-electron chi connectivity index (χ2n) is 5.88. The Hall–Kier alpha value is -2.13. The van der Waals surface area contributed by atoms with Crippen molar-refractivity contribution >= 4 is 5.91 Å². The molecule has 3 nitrogen and oxygen atoms in total. The first-order valence-corrected chi connectivity index (χ1v) is 7.33. The summed E-state index contributed by atoms with van der Waals surface area (Å²) in [5, 5.41) is 0. The Morgan fingerprint density at radius 3 is 2.43 bits per heavy atom. The highest BCUT2D eigenvalue weighted by atomic mass is 16.1.